The number of ketones is 1. The van der Waals surface area contributed by atoms with Crippen LogP contribution in [0.1, 0.15) is 99.0 Å². The van der Waals surface area contributed by atoms with Gasteiger partial charge in [0.15, 0.2) is 0 Å². The van der Waals surface area contributed by atoms with Crippen LogP contribution >= 0.6 is 0 Å². The van der Waals surface area contributed by atoms with E-state index in [2.05, 4.69) is 64.0 Å². The van der Waals surface area contributed by atoms with Crippen molar-refractivity contribution < 1.29 is 13.9 Å². The molecule has 0 aromatic carbocycles. The van der Waals surface area contributed by atoms with Crippen LogP contribution < -0.4 is 10.1 Å². The topological polar surface area (TPSA) is 51.2 Å². The van der Waals surface area contributed by atoms with Gasteiger partial charge in [0, 0.05) is 29.0 Å². The predicted octanol–water partition coefficient (Wildman–Crippen LogP) is 7.65. The van der Waals surface area contributed by atoms with Gasteiger partial charge in [0.1, 0.15) is 11.6 Å². The normalized spacial score (nSPS) is 32.3. The van der Waals surface area contributed by atoms with Crippen LogP contribution in [-0.2, 0) is 4.79 Å². The molecule has 0 saturated heterocycles. The number of rotatable bonds is 9. The predicted molar refractivity (Wildman–Crippen MR) is 153 cm³/mol. The fraction of sp³-hybridized carbons (Fsp3) is 0.697. The number of hydrogen-bond donors (Lipinski definition) is 1. The molecule has 2 saturated carbocycles. The van der Waals surface area contributed by atoms with Crippen molar-refractivity contribution in [1.29, 1.82) is 0 Å². The third kappa shape index (κ3) is 6.24. The number of aromatic nitrogens is 1. The van der Waals surface area contributed by atoms with Gasteiger partial charge in [0.05, 0.1) is 18.2 Å². The summed E-state index contributed by atoms with van der Waals surface area (Å²) in [5, 5.41) is 3.89. The number of nitrogens with one attached hydrogen (secondary N) is 1. The summed E-state index contributed by atoms with van der Waals surface area (Å²) in [5.74, 6) is 1.03. The van der Waals surface area contributed by atoms with Crippen LogP contribution in [0.4, 0.5) is 4.39 Å². The van der Waals surface area contributed by atoms with Crippen LogP contribution in [0.25, 0.3) is 0 Å². The minimum Gasteiger partial charge on any atom is -0.475 e. The summed E-state index contributed by atoms with van der Waals surface area (Å²) in [6.45, 7) is 18.3. The van der Waals surface area contributed by atoms with Crippen LogP contribution in [0.2, 0.25) is 0 Å². The summed E-state index contributed by atoms with van der Waals surface area (Å²) in [6, 6.07) is 1.66. The molecule has 210 valence electrons. The number of carbonyl (C=O) groups is 1. The first-order valence-corrected chi connectivity index (χ1v) is 14.9. The van der Waals surface area contributed by atoms with E-state index in [-0.39, 0.29) is 41.1 Å². The van der Waals surface area contributed by atoms with E-state index < -0.39 is 11.7 Å². The van der Waals surface area contributed by atoms with Crippen LogP contribution in [0.5, 0.6) is 5.88 Å². The highest BCUT2D eigenvalue weighted by molar-refractivity contribution is 5.95. The van der Waals surface area contributed by atoms with Gasteiger partial charge < -0.3 is 10.1 Å². The van der Waals surface area contributed by atoms with Crippen LogP contribution in [0.3, 0.4) is 0 Å². The summed E-state index contributed by atoms with van der Waals surface area (Å²) >= 11 is 0. The Hall–Kier alpha value is -2.01. The monoisotopic (exact) mass is 524 g/mol. The van der Waals surface area contributed by atoms with Crippen LogP contribution in [0, 0.1) is 41.3 Å². The number of hydrogen-bond acceptors (Lipinski definition) is 4. The molecule has 1 aromatic rings. The molecular formula is C33H49FN2O2. The SMILES string of the molecule is CC1CCC(C)(NCC(C)CC2=CC(C)C3C(=C2)C(C(C)C)C(=O)C3c2cc(OC(C)C)ncc2F)CC1. The molecule has 5 unspecified atom stereocenters. The first-order valence-electron chi connectivity index (χ1n) is 14.9. The van der Waals surface area contributed by atoms with E-state index in [1.54, 1.807) is 6.07 Å². The molecule has 0 radical (unpaired) electrons. The highest BCUT2D eigenvalue weighted by Crippen LogP contribution is 2.53. The third-order valence-corrected chi connectivity index (χ3v) is 9.17. The zero-order valence-corrected chi connectivity index (χ0v) is 24.8. The molecule has 0 bridgehead atoms. The van der Waals surface area contributed by atoms with E-state index in [0.29, 0.717) is 17.4 Å². The van der Waals surface area contributed by atoms with Gasteiger partial charge >= 0.3 is 0 Å². The van der Waals surface area contributed by atoms with E-state index in [0.717, 1.165) is 18.9 Å². The molecule has 0 spiro atoms. The third-order valence-electron chi connectivity index (χ3n) is 9.17. The van der Waals surface area contributed by atoms with Gasteiger partial charge in [0.2, 0.25) is 5.88 Å². The van der Waals surface area contributed by atoms with Crippen LogP contribution in [-0.4, -0.2) is 29.0 Å². The summed E-state index contributed by atoms with van der Waals surface area (Å²) in [5.41, 5.74) is 3.18. The standard InChI is InChI=1S/C33H49FN2O2/c1-19(2)29-26-15-24(13-22(6)17-36-33(8)11-9-21(5)10-12-33)14-23(7)30(26)31(32(29)37)25-16-28(38-20(3)4)35-18-27(25)34/h14-16,18-23,29-31,36H,9-13,17H2,1-8H3. The van der Waals surface area contributed by atoms with Gasteiger partial charge in [-0.1, -0.05) is 57.9 Å². The Bertz CT molecular complexity index is 1070. The molecule has 0 aliphatic heterocycles. The second-order valence-corrected chi connectivity index (χ2v) is 13.5. The minimum absolute atomic E-state index is 0.0287. The van der Waals surface area contributed by atoms with Gasteiger partial charge in [-0.2, -0.15) is 0 Å². The number of fused-ring (bicyclic) bond motifs is 1. The van der Waals surface area contributed by atoms with Gasteiger partial charge in [-0.15, -0.1) is 0 Å². The molecule has 0 amide bonds. The Morgan fingerprint density at radius 1 is 1.16 bits per heavy atom. The van der Waals surface area contributed by atoms with E-state index in [9.17, 15) is 4.79 Å². The van der Waals surface area contributed by atoms with Crippen molar-refractivity contribution >= 4 is 5.78 Å². The molecule has 3 aliphatic carbocycles. The molecule has 4 nitrogen and oxygen atoms in total. The highest BCUT2D eigenvalue weighted by atomic mass is 19.1. The molecule has 3 aliphatic rings. The zero-order valence-electron chi connectivity index (χ0n) is 24.8. The van der Waals surface area contributed by atoms with Gasteiger partial charge in [0.25, 0.3) is 0 Å². The van der Waals surface area contributed by atoms with E-state index in [1.807, 2.05) is 13.8 Å². The van der Waals surface area contributed by atoms with Crippen molar-refractivity contribution in [2.75, 3.05) is 6.54 Å². The summed E-state index contributed by atoms with van der Waals surface area (Å²) in [7, 11) is 0. The fourth-order valence-electron chi connectivity index (χ4n) is 7.07. The Kier molecular flexibility index (Phi) is 8.86. The second-order valence-electron chi connectivity index (χ2n) is 13.5. The lowest BCUT2D eigenvalue weighted by Gasteiger charge is -2.38. The largest absolute Gasteiger partial charge is 0.475 e. The fourth-order valence-corrected chi connectivity index (χ4v) is 7.07. The van der Waals surface area contributed by atoms with Gasteiger partial charge in [-0.25, -0.2) is 9.37 Å². The Labute approximate surface area is 229 Å². The molecule has 38 heavy (non-hydrogen) atoms. The average molecular weight is 525 g/mol. The highest BCUT2D eigenvalue weighted by Gasteiger charge is 2.51. The number of pyridine rings is 1. The quantitative estimate of drug-likeness (QED) is 0.360. The number of halogens is 1. The van der Waals surface area contributed by atoms with E-state index in [1.165, 1.54) is 43.0 Å². The molecule has 2 fully saturated rings. The maximum atomic E-state index is 15.2. The Balaban J connectivity index is 1.54. The maximum Gasteiger partial charge on any atom is 0.213 e. The van der Waals surface area contributed by atoms with Crippen LogP contribution in [0.15, 0.2) is 35.6 Å². The van der Waals surface area contributed by atoms with Crippen molar-refractivity contribution in [3.63, 3.8) is 0 Å². The summed E-state index contributed by atoms with van der Waals surface area (Å²) < 4.78 is 20.9. The smallest absolute Gasteiger partial charge is 0.213 e. The van der Waals surface area contributed by atoms with Crippen molar-refractivity contribution in [2.24, 2.45) is 35.5 Å². The Morgan fingerprint density at radius 3 is 2.47 bits per heavy atom. The number of ether oxygens (including phenoxy) is 1. The van der Waals surface area contributed by atoms with Gasteiger partial charge in [-0.05, 0) is 83.1 Å². The van der Waals surface area contributed by atoms with Crippen molar-refractivity contribution in [3.8, 4) is 5.88 Å². The van der Waals surface area contributed by atoms with Crippen molar-refractivity contribution in [1.82, 2.24) is 10.3 Å². The first-order chi connectivity index (χ1) is 17.9. The minimum atomic E-state index is -0.508. The lowest BCUT2D eigenvalue weighted by atomic mass is 9.73. The molecule has 1 N–H and O–H groups in total. The Morgan fingerprint density at radius 2 is 1.84 bits per heavy atom. The van der Waals surface area contributed by atoms with E-state index >= 15 is 4.39 Å². The molecule has 5 heteroatoms. The summed E-state index contributed by atoms with van der Waals surface area (Å²) in [4.78, 5) is 18.0. The number of allylic oxidation sites excluding steroid dienone is 4. The first kappa shape index (κ1) is 29.0. The molecule has 4 rings (SSSR count). The number of Topliss-reactive ketones (excluding diaryl/α,β-unsaturated/α-hetero) is 1. The molecule has 1 aromatic heterocycles. The second kappa shape index (κ2) is 11.6. The number of carbonyl (C=O) groups excluding carboxylic acids is 1. The maximum absolute atomic E-state index is 15.2. The summed E-state index contributed by atoms with van der Waals surface area (Å²) in [6.07, 6.45) is 11.9. The zero-order chi connectivity index (χ0) is 27.8. The lowest BCUT2D eigenvalue weighted by Crippen LogP contribution is -2.46. The van der Waals surface area contributed by atoms with E-state index in [4.69, 9.17) is 4.74 Å². The molecule has 1 heterocycles. The molecular weight excluding hydrogens is 475 g/mol. The van der Waals surface area contributed by atoms with Crippen molar-refractivity contribution in [2.45, 2.75) is 105 Å². The molecule has 5 atom stereocenters. The van der Waals surface area contributed by atoms with Gasteiger partial charge in [-0.3, -0.25) is 4.79 Å². The van der Waals surface area contributed by atoms with Crippen molar-refractivity contribution in [3.05, 3.63) is 46.9 Å². The number of nitrogens with zero attached hydrogens (tertiary/aromatic N) is 1. The average Bonchev–Trinajstić information content (AvgIpc) is 3.13. The lowest BCUT2D eigenvalue weighted by molar-refractivity contribution is -0.122.